The molecule has 3 aromatic rings. The van der Waals surface area contributed by atoms with Gasteiger partial charge in [0, 0.05) is 11.1 Å². The average molecular weight is 336 g/mol. The Morgan fingerprint density at radius 2 is 1.40 bits per heavy atom. The van der Waals surface area contributed by atoms with Gasteiger partial charge in [-0.05, 0) is 32.0 Å². The van der Waals surface area contributed by atoms with Gasteiger partial charge in [0.25, 0.3) is 0 Å². The van der Waals surface area contributed by atoms with E-state index in [1.54, 1.807) is 28.1 Å². The Morgan fingerprint density at radius 1 is 0.880 bits per heavy atom. The maximum absolute atomic E-state index is 12.3. The van der Waals surface area contributed by atoms with E-state index in [-0.39, 0.29) is 5.78 Å². The summed E-state index contributed by atoms with van der Waals surface area (Å²) in [6.45, 7) is 3.34. The SMILES string of the molecule is COc1ccccc1-c1oc(C)c(C(C)=O)c1-c1ccccc1OC. The molecule has 1 heterocycles. The van der Waals surface area contributed by atoms with E-state index in [2.05, 4.69) is 0 Å². The van der Waals surface area contributed by atoms with Gasteiger partial charge in [0.15, 0.2) is 5.78 Å². The number of furan rings is 1. The van der Waals surface area contributed by atoms with Crippen LogP contribution in [0, 0.1) is 6.92 Å². The molecule has 0 aliphatic rings. The van der Waals surface area contributed by atoms with Gasteiger partial charge in [0.2, 0.25) is 0 Å². The molecule has 25 heavy (non-hydrogen) atoms. The van der Waals surface area contributed by atoms with Crippen molar-refractivity contribution < 1.29 is 18.7 Å². The molecule has 0 spiro atoms. The highest BCUT2D eigenvalue weighted by Gasteiger charge is 2.26. The number of benzene rings is 2. The van der Waals surface area contributed by atoms with Gasteiger partial charge in [0.1, 0.15) is 23.0 Å². The Bertz CT molecular complexity index is 921. The highest BCUT2D eigenvalue weighted by molar-refractivity contribution is 6.06. The van der Waals surface area contributed by atoms with Gasteiger partial charge in [-0.2, -0.15) is 0 Å². The number of methoxy groups -OCH3 is 2. The van der Waals surface area contributed by atoms with Gasteiger partial charge in [-0.15, -0.1) is 0 Å². The topological polar surface area (TPSA) is 48.7 Å². The predicted molar refractivity (Wildman–Crippen MR) is 97.4 cm³/mol. The number of ether oxygens (including phenoxy) is 2. The van der Waals surface area contributed by atoms with Crippen LogP contribution in [0.2, 0.25) is 0 Å². The molecule has 0 aliphatic heterocycles. The molecule has 1 aromatic heterocycles. The second-order valence-electron chi connectivity index (χ2n) is 5.69. The molecule has 128 valence electrons. The number of carbonyl (C=O) groups is 1. The number of rotatable bonds is 5. The molecular weight excluding hydrogens is 316 g/mol. The van der Waals surface area contributed by atoms with E-state index in [0.717, 1.165) is 16.7 Å². The van der Waals surface area contributed by atoms with Crippen LogP contribution >= 0.6 is 0 Å². The molecule has 0 bridgehead atoms. The van der Waals surface area contributed by atoms with Crippen LogP contribution in [0.4, 0.5) is 0 Å². The van der Waals surface area contributed by atoms with Gasteiger partial charge < -0.3 is 13.9 Å². The Kier molecular flexibility index (Phi) is 4.61. The second kappa shape index (κ2) is 6.85. The zero-order valence-electron chi connectivity index (χ0n) is 14.8. The van der Waals surface area contributed by atoms with Crippen molar-refractivity contribution in [2.24, 2.45) is 0 Å². The lowest BCUT2D eigenvalue weighted by atomic mass is 9.94. The van der Waals surface area contributed by atoms with Crippen LogP contribution in [-0.2, 0) is 0 Å². The minimum absolute atomic E-state index is 0.0525. The van der Waals surface area contributed by atoms with E-state index in [9.17, 15) is 4.79 Å². The summed E-state index contributed by atoms with van der Waals surface area (Å²) in [7, 11) is 3.23. The Morgan fingerprint density at radius 3 is 1.96 bits per heavy atom. The summed E-state index contributed by atoms with van der Waals surface area (Å²) in [5.41, 5.74) is 2.90. The standard InChI is InChI=1S/C21H20O4/c1-13(22)19-14(2)25-21(16-10-6-8-12-18(16)24-4)20(19)15-9-5-7-11-17(15)23-3/h5-12H,1-4H3. The molecule has 4 heteroatoms. The maximum atomic E-state index is 12.3. The molecule has 0 radical (unpaired) electrons. The predicted octanol–water partition coefficient (Wildman–Crippen LogP) is 5.14. The highest BCUT2D eigenvalue weighted by atomic mass is 16.5. The molecule has 0 aliphatic carbocycles. The lowest BCUT2D eigenvalue weighted by molar-refractivity contribution is 0.101. The first-order chi connectivity index (χ1) is 12.1. The van der Waals surface area contributed by atoms with E-state index in [4.69, 9.17) is 13.9 Å². The smallest absolute Gasteiger partial charge is 0.163 e. The van der Waals surface area contributed by atoms with Crippen LogP contribution in [0.3, 0.4) is 0 Å². The molecule has 0 saturated carbocycles. The molecule has 2 aromatic carbocycles. The number of Topliss-reactive ketones (excluding diaryl/α,β-unsaturated/α-hetero) is 1. The first kappa shape index (κ1) is 16.8. The van der Waals surface area contributed by atoms with Gasteiger partial charge in [-0.25, -0.2) is 0 Å². The lowest BCUT2D eigenvalue weighted by Gasteiger charge is -2.12. The third-order valence-electron chi connectivity index (χ3n) is 4.16. The van der Waals surface area contributed by atoms with Crippen molar-refractivity contribution in [3.8, 4) is 33.9 Å². The van der Waals surface area contributed by atoms with Crippen molar-refractivity contribution in [2.75, 3.05) is 14.2 Å². The maximum Gasteiger partial charge on any atom is 0.163 e. The minimum atomic E-state index is -0.0525. The number of hydrogen-bond donors (Lipinski definition) is 0. The zero-order chi connectivity index (χ0) is 18.0. The summed E-state index contributed by atoms with van der Waals surface area (Å²) in [4.78, 5) is 12.3. The first-order valence-electron chi connectivity index (χ1n) is 7.99. The summed E-state index contributed by atoms with van der Waals surface area (Å²) in [6, 6.07) is 15.2. The van der Waals surface area contributed by atoms with Crippen LogP contribution in [-0.4, -0.2) is 20.0 Å². The van der Waals surface area contributed by atoms with Gasteiger partial charge >= 0.3 is 0 Å². The molecule has 3 rings (SSSR count). The monoisotopic (exact) mass is 336 g/mol. The Labute approximate surface area is 147 Å². The largest absolute Gasteiger partial charge is 0.496 e. The fourth-order valence-corrected chi connectivity index (χ4v) is 3.10. The summed E-state index contributed by atoms with van der Waals surface area (Å²) < 4.78 is 17.0. The Hall–Kier alpha value is -3.01. The number of para-hydroxylation sites is 2. The van der Waals surface area contributed by atoms with E-state index in [0.29, 0.717) is 28.6 Å². The molecule has 0 amide bonds. The average Bonchev–Trinajstić information content (AvgIpc) is 2.98. The lowest BCUT2D eigenvalue weighted by Crippen LogP contribution is -1.97. The highest BCUT2D eigenvalue weighted by Crippen LogP contribution is 2.45. The third kappa shape index (κ3) is 2.91. The van der Waals surface area contributed by atoms with Crippen molar-refractivity contribution >= 4 is 5.78 Å². The van der Waals surface area contributed by atoms with Gasteiger partial charge in [-0.3, -0.25) is 4.79 Å². The van der Waals surface area contributed by atoms with E-state index < -0.39 is 0 Å². The summed E-state index contributed by atoms with van der Waals surface area (Å²) in [5.74, 6) is 2.49. The number of hydrogen-bond acceptors (Lipinski definition) is 4. The number of aryl methyl sites for hydroxylation is 1. The van der Waals surface area contributed by atoms with Crippen molar-refractivity contribution in [3.63, 3.8) is 0 Å². The second-order valence-corrected chi connectivity index (χ2v) is 5.69. The van der Waals surface area contributed by atoms with Crippen molar-refractivity contribution in [1.29, 1.82) is 0 Å². The Balaban J connectivity index is 2.38. The third-order valence-corrected chi connectivity index (χ3v) is 4.16. The molecule has 4 nitrogen and oxygen atoms in total. The van der Waals surface area contributed by atoms with Crippen LogP contribution in [0.1, 0.15) is 23.0 Å². The van der Waals surface area contributed by atoms with Crippen LogP contribution in [0.15, 0.2) is 52.9 Å². The van der Waals surface area contributed by atoms with Crippen molar-refractivity contribution in [3.05, 3.63) is 59.9 Å². The fraction of sp³-hybridized carbons (Fsp3) is 0.190. The molecule has 0 atom stereocenters. The van der Waals surface area contributed by atoms with E-state index in [1.165, 1.54) is 0 Å². The fourth-order valence-electron chi connectivity index (χ4n) is 3.10. The number of carbonyl (C=O) groups excluding carboxylic acids is 1. The van der Waals surface area contributed by atoms with E-state index in [1.807, 2.05) is 48.5 Å². The quantitative estimate of drug-likeness (QED) is 0.605. The van der Waals surface area contributed by atoms with Crippen molar-refractivity contribution in [2.45, 2.75) is 13.8 Å². The van der Waals surface area contributed by atoms with Crippen LogP contribution < -0.4 is 9.47 Å². The van der Waals surface area contributed by atoms with Crippen LogP contribution in [0.5, 0.6) is 11.5 Å². The molecule has 0 N–H and O–H groups in total. The first-order valence-corrected chi connectivity index (χ1v) is 7.99. The molecule has 0 unspecified atom stereocenters. The van der Waals surface area contributed by atoms with E-state index >= 15 is 0 Å². The van der Waals surface area contributed by atoms with Crippen LogP contribution in [0.25, 0.3) is 22.5 Å². The van der Waals surface area contributed by atoms with Gasteiger partial charge in [-0.1, -0.05) is 30.3 Å². The molecular formula is C21H20O4. The van der Waals surface area contributed by atoms with Crippen molar-refractivity contribution in [1.82, 2.24) is 0 Å². The normalized spacial score (nSPS) is 10.6. The zero-order valence-corrected chi connectivity index (χ0v) is 14.8. The number of ketones is 1. The van der Waals surface area contributed by atoms with Gasteiger partial charge in [0.05, 0.1) is 25.3 Å². The minimum Gasteiger partial charge on any atom is -0.496 e. The summed E-state index contributed by atoms with van der Waals surface area (Å²) in [6.07, 6.45) is 0. The molecule has 0 saturated heterocycles. The summed E-state index contributed by atoms with van der Waals surface area (Å²) >= 11 is 0. The summed E-state index contributed by atoms with van der Waals surface area (Å²) in [5, 5.41) is 0. The molecule has 0 fully saturated rings.